The van der Waals surface area contributed by atoms with Gasteiger partial charge in [0.2, 0.25) is 5.91 Å². The Morgan fingerprint density at radius 3 is 2.48 bits per heavy atom. The Kier molecular flexibility index (Phi) is 6.94. The molecule has 1 amide bonds. The highest BCUT2D eigenvalue weighted by Gasteiger charge is 2.28. The number of para-hydroxylation sites is 1. The van der Waals surface area contributed by atoms with Gasteiger partial charge in [-0.25, -0.2) is 4.98 Å². The number of carbonyl (C=O) groups is 1. The molecule has 1 heterocycles. The van der Waals surface area contributed by atoms with E-state index in [2.05, 4.69) is 6.92 Å². The zero-order chi connectivity index (χ0) is 22.7. The average molecular weight is 420 g/mol. The van der Waals surface area contributed by atoms with E-state index in [0.717, 1.165) is 29.7 Å². The third kappa shape index (κ3) is 4.55. The lowest BCUT2D eigenvalue weighted by molar-refractivity contribution is -0.137. The summed E-state index contributed by atoms with van der Waals surface area (Å²) < 4.78 is 1.71. The van der Waals surface area contributed by atoms with E-state index in [1.807, 2.05) is 82.0 Å². The molecular formula is C26H33N3O2. The standard InChI is InChI=1S/C26H33N3O2/c1-7-8-15-28(25(30)17(2)3)20(6)24-27-22-12-10-9-11-21(22)26(31)29(24)23-16-18(4)13-14-19(23)5/h9-14,16-17,20H,7-8,15H2,1-6H3. The van der Waals surface area contributed by atoms with Gasteiger partial charge in [0.25, 0.3) is 5.56 Å². The van der Waals surface area contributed by atoms with Crippen molar-refractivity contribution < 1.29 is 4.79 Å². The van der Waals surface area contributed by atoms with Crippen molar-refractivity contribution in [2.45, 2.75) is 60.4 Å². The van der Waals surface area contributed by atoms with Crippen molar-refractivity contribution in [2.75, 3.05) is 6.54 Å². The minimum Gasteiger partial charge on any atom is -0.333 e. The summed E-state index contributed by atoms with van der Waals surface area (Å²) in [5.41, 5.74) is 3.43. The fraction of sp³-hybridized carbons (Fsp3) is 0.423. The first-order valence-corrected chi connectivity index (χ1v) is 11.2. The van der Waals surface area contributed by atoms with Crippen molar-refractivity contribution in [3.8, 4) is 5.69 Å². The molecule has 0 N–H and O–H groups in total. The van der Waals surface area contributed by atoms with E-state index in [1.165, 1.54) is 0 Å². The van der Waals surface area contributed by atoms with Gasteiger partial charge in [-0.05, 0) is 56.5 Å². The molecule has 5 heteroatoms. The second-order valence-corrected chi connectivity index (χ2v) is 8.63. The summed E-state index contributed by atoms with van der Waals surface area (Å²) in [4.78, 5) is 33.6. The van der Waals surface area contributed by atoms with Crippen LogP contribution in [-0.4, -0.2) is 26.9 Å². The number of fused-ring (bicyclic) bond motifs is 1. The van der Waals surface area contributed by atoms with Gasteiger partial charge in [-0.2, -0.15) is 0 Å². The molecule has 0 aliphatic carbocycles. The van der Waals surface area contributed by atoms with Crippen molar-refractivity contribution in [1.29, 1.82) is 0 Å². The molecule has 0 saturated heterocycles. The number of hydrogen-bond donors (Lipinski definition) is 0. The molecule has 0 aliphatic heterocycles. The number of benzene rings is 2. The highest BCUT2D eigenvalue weighted by molar-refractivity contribution is 5.80. The summed E-state index contributed by atoms with van der Waals surface area (Å²) in [6.07, 6.45) is 1.90. The molecule has 0 spiro atoms. The van der Waals surface area contributed by atoms with Crippen LogP contribution in [0.2, 0.25) is 0 Å². The summed E-state index contributed by atoms with van der Waals surface area (Å²) in [6, 6.07) is 13.2. The first kappa shape index (κ1) is 22.7. The molecule has 0 aliphatic rings. The van der Waals surface area contributed by atoms with Gasteiger partial charge in [-0.1, -0.05) is 51.5 Å². The van der Waals surface area contributed by atoms with Crippen molar-refractivity contribution >= 4 is 16.8 Å². The van der Waals surface area contributed by atoms with Crippen LogP contribution in [0, 0.1) is 19.8 Å². The normalized spacial score (nSPS) is 12.4. The predicted octanol–water partition coefficient (Wildman–Crippen LogP) is 5.35. The van der Waals surface area contributed by atoms with E-state index in [9.17, 15) is 9.59 Å². The van der Waals surface area contributed by atoms with E-state index in [4.69, 9.17) is 4.98 Å². The monoisotopic (exact) mass is 419 g/mol. The highest BCUT2D eigenvalue weighted by Crippen LogP contribution is 2.26. The summed E-state index contributed by atoms with van der Waals surface area (Å²) >= 11 is 0. The molecule has 1 aromatic heterocycles. The lowest BCUT2D eigenvalue weighted by atomic mass is 10.1. The quantitative estimate of drug-likeness (QED) is 0.519. The lowest BCUT2D eigenvalue weighted by Gasteiger charge is -2.32. The van der Waals surface area contributed by atoms with Crippen molar-refractivity contribution in [2.24, 2.45) is 5.92 Å². The van der Waals surface area contributed by atoms with E-state index < -0.39 is 0 Å². The van der Waals surface area contributed by atoms with E-state index in [1.54, 1.807) is 4.57 Å². The molecule has 0 saturated carbocycles. The molecular weight excluding hydrogens is 386 g/mol. The zero-order valence-corrected chi connectivity index (χ0v) is 19.5. The molecule has 0 bridgehead atoms. The van der Waals surface area contributed by atoms with Gasteiger partial charge in [-0.3, -0.25) is 14.2 Å². The largest absolute Gasteiger partial charge is 0.333 e. The van der Waals surface area contributed by atoms with E-state index in [0.29, 0.717) is 23.3 Å². The van der Waals surface area contributed by atoms with Crippen LogP contribution in [0.3, 0.4) is 0 Å². The first-order chi connectivity index (χ1) is 14.8. The number of aromatic nitrogens is 2. The van der Waals surface area contributed by atoms with Crippen LogP contribution < -0.4 is 5.56 Å². The fourth-order valence-corrected chi connectivity index (χ4v) is 3.92. The number of amides is 1. The summed E-state index contributed by atoms with van der Waals surface area (Å²) in [6.45, 7) is 12.6. The molecule has 2 aromatic carbocycles. The molecule has 1 unspecified atom stereocenters. The van der Waals surface area contributed by atoms with Crippen molar-refractivity contribution in [3.63, 3.8) is 0 Å². The smallest absolute Gasteiger partial charge is 0.266 e. The minimum atomic E-state index is -0.335. The maximum Gasteiger partial charge on any atom is 0.266 e. The number of hydrogen-bond acceptors (Lipinski definition) is 3. The van der Waals surface area contributed by atoms with Gasteiger partial charge in [0.05, 0.1) is 22.6 Å². The number of carbonyl (C=O) groups excluding carboxylic acids is 1. The molecule has 164 valence electrons. The third-order valence-electron chi connectivity index (χ3n) is 5.78. The summed E-state index contributed by atoms with van der Waals surface area (Å²) in [7, 11) is 0. The Morgan fingerprint density at radius 1 is 1.10 bits per heavy atom. The molecule has 31 heavy (non-hydrogen) atoms. The predicted molar refractivity (Wildman–Crippen MR) is 127 cm³/mol. The SMILES string of the molecule is CCCCN(C(=O)C(C)C)C(C)c1nc2ccccc2c(=O)n1-c1cc(C)ccc1C. The second kappa shape index (κ2) is 9.46. The van der Waals surface area contributed by atoms with Crippen LogP contribution >= 0.6 is 0 Å². The maximum absolute atomic E-state index is 13.7. The molecule has 3 aromatic rings. The molecule has 3 rings (SSSR count). The maximum atomic E-state index is 13.7. The molecule has 0 radical (unpaired) electrons. The van der Waals surface area contributed by atoms with Gasteiger partial charge in [-0.15, -0.1) is 0 Å². The molecule has 0 fully saturated rings. The minimum absolute atomic E-state index is 0.0795. The lowest BCUT2D eigenvalue weighted by Crippen LogP contribution is -2.40. The van der Waals surface area contributed by atoms with Crippen LogP contribution in [-0.2, 0) is 4.79 Å². The Hall–Kier alpha value is -2.95. The molecule has 5 nitrogen and oxygen atoms in total. The topological polar surface area (TPSA) is 55.2 Å². The summed E-state index contributed by atoms with van der Waals surface area (Å²) in [5.74, 6) is 0.555. The third-order valence-corrected chi connectivity index (χ3v) is 5.78. The Labute approximate surface area is 184 Å². The van der Waals surface area contributed by atoms with Gasteiger partial charge < -0.3 is 4.90 Å². The van der Waals surface area contributed by atoms with Crippen molar-refractivity contribution in [3.05, 3.63) is 69.8 Å². The Bertz CT molecular complexity index is 1150. The van der Waals surface area contributed by atoms with E-state index >= 15 is 0 Å². The van der Waals surface area contributed by atoms with Crippen LogP contribution in [0.25, 0.3) is 16.6 Å². The van der Waals surface area contributed by atoms with Crippen LogP contribution in [0.4, 0.5) is 0 Å². The number of unbranched alkanes of at least 4 members (excludes halogenated alkanes) is 1. The fourth-order valence-electron chi connectivity index (χ4n) is 3.92. The van der Waals surface area contributed by atoms with Gasteiger partial charge in [0.1, 0.15) is 5.82 Å². The highest BCUT2D eigenvalue weighted by atomic mass is 16.2. The Morgan fingerprint density at radius 2 is 1.81 bits per heavy atom. The number of aryl methyl sites for hydroxylation is 2. The first-order valence-electron chi connectivity index (χ1n) is 11.2. The van der Waals surface area contributed by atoms with Crippen molar-refractivity contribution in [1.82, 2.24) is 14.5 Å². The van der Waals surface area contributed by atoms with Crippen LogP contribution in [0.15, 0.2) is 47.3 Å². The number of rotatable bonds is 7. The number of nitrogens with zero attached hydrogens (tertiary/aromatic N) is 3. The second-order valence-electron chi connectivity index (χ2n) is 8.63. The van der Waals surface area contributed by atoms with Gasteiger partial charge >= 0.3 is 0 Å². The van der Waals surface area contributed by atoms with Gasteiger partial charge in [0.15, 0.2) is 0 Å². The van der Waals surface area contributed by atoms with Crippen LogP contribution in [0.5, 0.6) is 0 Å². The Balaban J connectivity index is 2.30. The van der Waals surface area contributed by atoms with E-state index in [-0.39, 0.29) is 23.4 Å². The van der Waals surface area contributed by atoms with Gasteiger partial charge in [0, 0.05) is 12.5 Å². The average Bonchev–Trinajstić information content (AvgIpc) is 2.75. The summed E-state index contributed by atoms with van der Waals surface area (Å²) in [5, 5.41) is 0.578. The molecule has 1 atom stereocenters. The van der Waals surface area contributed by atoms with Crippen LogP contribution in [0.1, 0.15) is 63.5 Å². The zero-order valence-electron chi connectivity index (χ0n) is 19.5.